The van der Waals surface area contributed by atoms with Gasteiger partial charge in [-0.2, -0.15) is 0 Å². The van der Waals surface area contributed by atoms with Gasteiger partial charge in [0, 0.05) is 13.1 Å². The number of carbonyl (C=O) groups is 2. The number of primary amides is 1. The van der Waals surface area contributed by atoms with E-state index >= 15 is 0 Å². The zero-order chi connectivity index (χ0) is 9.14. The number of piperazine rings is 1. The summed E-state index contributed by atoms with van der Waals surface area (Å²) in [6.45, 7) is 1.08. The van der Waals surface area contributed by atoms with Gasteiger partial charge in [0.2, 0.25) is 5.91 Å². The molecule has 1 heterocycles. The molecule has 1 saturated heterocycles. The summed E-state index contributed by atoms with van der Waals surface area (Å²) in [6.07, 6.45) is 0. The number of hydrogen-bond donors (Lipinski definition) is 4. The summed E-state index contributed by atoms with van der Waals surface area (Å²) in [5, 5.41) is 14.1. The van der Waals surface area contributed by atoms with Crippen molar-refractivity contribution >= 4 is 11.9 Å². The number of aliphatic carboxylic acids is 1. The summed E-state index contributed by atoms with van der Waals surface area (Å²) in [5.74, 6) is -1.71. The van der Waals surface area contributed by atoms with E-state index in [4.69, 9.17) is 10.8 Å². The molecule has 0 unspecified atom stereocenters. The molecular formula is C6H11N3O3. The molecule has 6 nitrogen and oxygen atoms in total. The van der Waals surface area contributed by atoms with Crippen LogP contribution >= 0.6 is 0 Å². The number of carboxylic acids is 1. The molecule has 0 aromatic heterocycles. The SMILES string of the molecule is NC(=O)[C@@H]1NCCN[C@@H]1C(=O)O. The van der Waals surface area contributed by atoms with Crippen LogP contribution in [0.3, 0.4) is 0 Å². The van der Waals surface area contributed by atoms with Gasteiger partial charge in [-0.1, -0.05) is 0 Å². The molecule has 0 aromatic carbocycles. The van der Waals surface area contributed by atoms with Crippen molar-refractivity contribution in [3.63, 3.8) is 0 Å². The molecule has 0 radical (unpaired) electrons. The van der Waals surface area contributed by atoms with Crippen molar-refractivity contribution in [2.24, 2.45) is 5.73 Å². The minimum Gasteiger partial charge on any atom is -0.480 e. The molecule has 2 atom stereocenters. The Bertz CT molecular complexity index is 184. The molecule has 1 aliphatic heterocycles. The zero-order valence-corrected chi connectivity index (χ0v) is 6.41. The Morgan fingerprint density at radius 1 is 1.25 bits per heavy atom. The van der Waals surface area contributed by atoms with E-state index in [2.05, 4.69) is 10.6 Å². The summed E-state index contributed by atoms with van der Waals surface area (Å²) in [7, 11) is 0. The van der Waals surface area contributed by atoms with Crippen LogP contribution in [0.1, 0.15) is 0 Å². The number of carbonyl (C=O) groups excluding carboxylic acids is 1. The summed E-state index contributed by atoms with van der Waals surface area (Å²) < 4.78 is 0. The average Bonchev–Trinajstić information content (AvgIpc) is 2.04. The molecule has 68 valence electrons. The Morgan fingerprint density at radius 2 is 1.75 bits per heavy atom. The molecule has 0 aliphatic carbocycles. The van der Waals surface area contributed by atoms with Gasteiger partial charge in [-0.3, -0.25) is 9.59 Å². The van der Waals surface area contributed by atoms with E-state index in [9.17, 15) is 9.59 Å². The van der Waals surface area contributed by atoms with Crippen LogP contribution in [0.2, 0.25) is 0 Å². The van der Waals surface area contributed by atoms with Crippen LogP contribution in [-0.2, 0) is 9.59 Å². The summed E-state index contributed by atoms with van der Waals surface area (Å²) in [4.78, 5) is 21.3. The van der Waals surface area contributed by atoms with Gasteiger partial charge in [-0.05, 0) is 0 Å². The summed E-state index contributed by atoms with van der Waals surface area (Å²) in [5.41, 5.74) is 4.99. The molecule has 12 heavy (non-hydrogen) atoms. The lowest BCUT2D eigenvalue weighted by Crippen LogP contribution is -2.63. The molecule has 0 saturated carbocycles. The topological polar surface area (TPSA) is 104 Å². The Balaban J connectivity index is 2.67. The first-order chi connectivity index (χ1) is 5.63. The second-order valence-corrected chi connectivity index (χ2v) is 2.60. The molecule has 0 spiro atoms. The highest BCUT2D eigenvalue weighted by molar-refractivity contribution is 5.88. The van der Waals surface area contributed by atoms with Gasteiger partial charge in [0.1, 0.15) is 12.1 Å². The van der Waals surface area contributed by atoms with Gasteiger partial charge in [-0.15, -0.1) is 0 Å². The van der Waals surface area contributed by atoms with E-state index < -0.39 is 24.0 Å². The number of nitrogens with two attached hydrogens (primary N) is 1. The van der Waals surface area contributed by atoms with Crippen LogP contribution < -0.4 is 16.4 Å². The maximum Gasteiger partial charge on any atom is 0.322 e. The van der Waals surface area contributed by atoms with Crippen molar-refractivity contribution < 1.29 is 14.7 Å². The Hall–Kier alpha value is -1.14. The molecule has 1 amide bonds. The minimum absolute atomic E-state index is 0.529. The van der Waals surface area contributed by atoms with Gasteiger partial charge in [0.15, 0.2) is 0 Å². The molecular weight excluding hydrogens is 162 g/mol. The molecule has 1 aliphatic rings. The summed E-state index contributed by atoms with van der Waals surface area (Å²) >= 11 is 0. The van der Waals surface area contributed by atoms with Gasteiger partial charge < -0.3 is 21.5 Å². The number of amides is 1. The van der Waals surface area contributed by atoms with E-state index in [1.54, 1.807) is 0 Å². The quantitative estimate of drug-likeness (QED) is 0.369. The second kappa shape index (κ2) is 3.51. The maximum atomic E-state index is 10.7. The fourth-order valence-corrected chi connectivity index (χ4v) is 1.19. The van der Waals surface area contributed by atoms with E-state index in [0.717, 1.165) is 0 Å². The monoisotopic (exact) mass is 173 g/mol. The zero-order valence-electron chi connectivity index (χ0n) is 6.41. The molecule has 1 fully saturated rings. The van der Waals surface area contributed by atoms with E-state index in [0.29, 0.717) is 13.1 Å². The largest absolute Gasteiger partial charge is 0.480 e. The van der Waals surface area contributed by atoms with Crippen molar-refractivity contribution in [3.8, 4) is 0 Å². The highest BCUT2D eigenvalue weighted by Crippen LogP contribution is 1.97. The van der Waals surface area contributed by atoms with Gasteiger partial charge >= 0.3 is 5.97 Å². The molecule has 0 bridgehead atoms. The highest BCUT2D eigenvalue weighted by atomic mass is 16.4. The van der Waals surface area contributed by atoms with Crippen molar-refractivity contribution in [3.05, 3.63) is 0 Å². The number of hydrogen-bond acceptors (Lipinski definition) is 4. The third kappa shape index (κ3) is 1.72. The lowest BCUT2D eigenvalue weighted by Gasteiger charge is -2.28. The van der Waals surface area contributed by atoms with Crippen LogP contribution in [0.25, 0.3) is 0 Å². The first-order valence-electron chi connectivity index (χ1n) is 3.62. The predicted molar refractivity (Wildman–Crippen MR) is 40.4 cm³/mol. The lowest BCUT2D eigenvalue weighted by molar-refractivity contribution is -0.143. The third-order valence-electron chi connectivity index (χ3n) is 1.76. The minimum atomic E-state index is -1.06. The molecule has 6 heteroatoms. The average molecular weight is 173 g/mol. The van der Waals surface area contributed by atoms with Crippen LogP contribution in [0.4, 0.5) is 0 Å². The maximum absolute atomic E-state index is 10.7. The first kappa shape index (κ1) is 8.95. The smallest absolute Gasteiger partial charge is 0.322 e. The molecule has 1 rings (SSSR count). The normalized spacial score (nSPS) is 29.7. The van der Waals surface area contributed by atoms with Crippen molar-refractivity contribution in [1.29, 1.82) is 0 Å². The second-order valence-electron chi connectivity index (χ2n) is 2.60. The van der Waals surface area contributed by atoms with Crippen LogP contribution in [0, 0.1) is 0 Å². The Morgan fingerprint density at radius 3 is 2.08 bits per heavy atom. The highest BCUT2D eigenvalue weighted by Gasteiger charge is 2.33. The third-order valence-corrected chi connectivity index (χ3v) is 1.76. The van der Waals surface area contributed by atoms with Crippen LogP contribution in [-0.4, -0.2) is 42.2 Å². The number of rotatable bonds is 2. The van der Waals surface area contributed by atoms with Crippen molar-refractivity contribution in [1.82, 2.24) is 10.6 Å². The Kier molecular flexibility index (Phi) is 2.61. The predicted octanol–water partition coefficient (Wildman–Crippen LogP) is -2.51. The number of carboxylic acid groups (broad SMARTS) is 1. The molecule has 0 aromatic rings. The lowest BCUT2D eigenvalue weighted by atomic mass is 10.1. The number of nitrogens with one attached hydrogen (secondary N) is 2. The van der Waals surface area contributed by atoms with Crippen molar-refractivity contribution in [2.45, 2.75) is 12.1 Å². The molecule has 5 N–H and O–H groups in total. The fraction of sp³-hybridized carbons (Fsp3) is 0.667. The summed E-state index contributed by atoms with van der Waals surface area (Å²) in [6, 6.07) is -1.72. The standard InChI is InChI=1S/C6H11N3O3/c7-5(10)3-4(6(11)12)9-2-1-8-3/h3-4,8-9H,1-2H2,(H2,7,10)(H,11,12)/t3-,4+/m1/s1. The van der Waals surface area contributed by atoms with Crippen LogP contribution in [0.5, 0.6) is 0 Å². The van der Waals surface area contributed by atoms with Gasteiger partial charge in [0.25, 0.3) is 0 Å². The van der Waals surface area contributed by atoms with E-state index in [-0.39, 0.29) is 0 Å². The first-order valence-corrected chi connectivity index (χ1v) is 3.62. The van der Waals surface area contributed by atoms with Gasteiger partial charge in [-0.25, -0.2) is 0 Å². The van der Waals surface area contributed by atoms with Gasteiger partial charge in [0.05, 0.1) is 0 Å². The Labute approximate surface area is 69.1 Å². The van der Waals surface area contributed by atoms with E-state index in [1.165, 1.54) is 0 Å². The van der Waals surface area contributed by atoms with Crippen LogP contribution in [0.15, 0.2) is 0 Å². The fourth-order valence-electron chi connectivity index (χ4n) is 1.19. The van der Waals surface area contributed by atoms with Crippen molar-refractivity contribution in [2.75, 3.05) is 13.1 Å². The van der Waals surface area contributed by atoms with E-state index in [1.807, 2.05) is 0 Å².